The predicted molar refractivity (Wildman–Crippen MR) is 71.1 cm³/mol. The Labute approximate surface area is 116 Å². The lowest BCUT2D eigenvalue weighted by Gasteiger charge is -2.26. The van der Waals surface area contributed by atoms with Crippen LogP contribution in [0.25, 0.3) is 0 Å². The first-order valence-electron chi connectivity index (χ1n) is 5.78. The van der Waals surface area contributed by atoms with Gasteiger partial charge in [-0.2, -0.15) is 0 Å². The number of esters is 1. The molecule has 106 valence electrons. The second-order valence-corrected chi connectivity index (χ2v) is 4.02. The van der Waals surface area contributed by atoms with E-state index >= 15 is 0 Å². The van der Waals surface area contributed by atoms with Gasteiger partial charge in [-0.3, -0.25) is 4.79 Å². The van der Waals surface area contributed by atoms with Gasteiger partial charge < -0.3 is 15.2 Å². The van der Waals surface area contributed by atoms with Gasteiger partial charge in [-0.25, -0.2) is 9.59 Å². The highest BCUT2D eigenvalue weighted by molar-refractivity contribution is 6.09. The molecule has 20 heavy (non-hydrogen) atoms. The summed E-state index contributed by atoms with van der Waals surface area (Å²) >= 11 is 0. The number of aliphatic carboxylic acids is 1. The van der Waals surface area contributed by atoms with E-state index < -0.39 is 23.4 Å². The molecule has 1 aromatic carbocycles. The van der Waals surface area contributed by atoms with Crippen molar-refractivity contribution in [1.29, 1.82) is 0 Å². The van der Waals surface area contributed by atoms with Crippen molar-refractivity contribution in [3.8, 4) is 0 Å². The third kappa shape index (κ3) is 3.03. The van der Waals surface area contributed by atoms with Crippen LogP contribution >= 0.6 is 0 Å². The van der Waals surface area contributed by atoms with Crippen LogP contribution in [0.4, 0.5) is 0 Å². The summed E-state index contributed by atoms with van der Waals surface area (Å²) in [4.78, 5) is 35.2. The molecule has 1 rings (SSSR count). The minimum Gasteiger partial charge on any atom is -0.479 e. The van der Waals surface area contributed by atoms with E-state index in [4.69, 9.17) is 0 Å². The lowest BCUT2D eigenvalue weighted by Crippen LogP contribution is -2.60. The first kappa shape index (κ1) is 15.4. The number of carbonyl (C=O) groups excluding carboxylic acids is 2. The van der Waals surface area contributed by atoms with Crippen LogP contribution in [0.3, 0.4) is 0 Å². The molecule has 0 aliphatic rings. The molecule has 0 aliphatic heterocycles. The van der Waals surface area contributed by atoms with Gasteiger partial charge in [0.15, 0.2) is 0 Å². The van der Waals surface area contributed by atoms with Crippen LogP contribution in [-0.4, -0.2) is 35.6 Å². The van der Waals surface area contributed by atoms with E-state index in [9.17, 15) is 19.5 Å². The van der Waals surface area contributed by atoms with E-state index in [0.29, 0.717) is 0 Å². The second kappa shape index (κ2) is 6.51. The predicted octanol–water partition coefficient (Wildman–Crippen LogP) is 0.989. The molecular formula is C14H15NO5. The highest BCUT2D eigenvalue weighted by Crippen LogP contribution is 2.15. The van der Waals surface area contributed by atoms with E-state index in [1.165, 1.54) is 18.2 Å². The van der Waals surface area contributed by atoms with Crippen molar-refractivity contribution in [2.45, 2.75) is 12.0 Å². The number of amides is 1. The summed E-state index contributed by atoms with van der Waals surface area (Å²) in [6.45, 7) is 3.40. The third-order valence-corrected chi connectivity index (χ3v) is 2.71. The van der Waals surface area contributed by atoms with Crippen molar-refractivity contribution < 1.29 is 24.2 Å². The van der Waals surface area contributed by atoms with Crippen molar-refractivity contribution in [3.05, 3.63) is 48.6 Å². The monoisotopic (exact) mass is 277 g/mol. The molecule has 6 nitrogen and oxygen atoms in total. The maximum absolute atomic E-state index is 12.0. The van der Waals surface area contributed by atoms with Crippen LogP contribution < -0.4 is 5.32 Å². The van der Waals surface area contributed by atoms with Crippen molar-refractivity contribution in [2.24, 2.45) is 0 Å². The highest BCUT2D eigenvalue weighted by atomic mass is 16.5. The second-order valence-electron chi connectivity index (χ2n) is 4.02. The molecule has 0 saturated carbocycles. The Morgan fingerprint density at radius 2 is 1.95 bits per heavy atom. The number of hydrogen-bond donors (Lipinski definition) is 2. The first-order valence-corrected chi connectivity index (χ1v) is 5.78. The molecule has 0 aromatic heterocycles. The molecule has 1 unspecified atom stereocenters. The van der Waals surface area contributed by atoms with Gasteiger partial charge in [0.1, 0.15) is 0 Å². The Hall–Kier alpha value is -2.63. The molecule has 0 fully saturated rings. The molecule has 6 heteroatoms. The lowest BCUT2D eigenvalue weighted by molar-refractivity contribution is -0.160. The van der Waals surface area contributed by atoms with Gasteiger partial charge in [0.25, 0.3) is 5.91 Å². The minimum atomic E-state index is -2.18. The number of carboxylic acid groups (broad SMARTS) is 1. The van der Waals surface area contributed by atoms with E-state index in [2.05, 4.69) is 16.6 Å². The first-order chi connectivity index (χ1) is 9.47. The quantitative estimate of drug-likeness (QED) is 0.459. The average Bonchev–Trinajstić information content (AvgIpc) is 2.46. The number of carbonyl (C=O) groups is 3. The average molecular weight is 277 g/mol. The maximum atomic E-state index is 12.0. The van der Waals surface area contributed by atoms with Gasteiger partial charge in [0.2, 0.25) is 5.54 Å². The topological polar surface area (TPSA) is 92.7 Å². The Kier molecular flexibility index (Phi) is 5.02. The molecule has 0 spiro atoms. The van der Waals surface area contributed by atoms with Gasteiger partial charge in [0.05, 0.1) is 7.11 Å². The van der Waals surface area contributed by atoms with Crippen LogP contribution in [0.15, 0.2) is 43.0 Å². The largest absolute Gasteiger partial charge is 0.479 e. The van der Waals surface area contributed by atoms with E-state index in [-0.39, 0.29) is 12.0 Å². The summed E-state index contributed by atoms with van der Waals surface area (Å²) in [6.07, 6.45) is 0.948. The lowest BCUT2D eigenvalue weighted by atomic mass is 9.94. The molecule has 2 N–H and O–H groups in total. The SMILES string of the molecule is C=CCC(NC(=O)c1ccccc1)(C(=O)O)C(=O)OC. The van der Waals surface area contributed by atoms with Crippen molar-refractivity contribution in [3.63, 3.8) is 0 Å². The number of rotatable bonds is 6. The number of nitrogens with one attached hydrogen (secondary N) is 1. The Morgan fingerprint density at radius 1 is 1.35 bits per heavy atom. The zero-order chi connectivity index (χ0) is 15.2. The molecule has 1 atom stereocenters. The van der Waals surface area contributed by atoms with Crippen molar-refractivity contribution in [2.75, 3.05) is 7.11 Å². The van der Waals surface area contributed by atoms with E-state index in [1.54, 1.807) is 18.2 Å². The number of methoxy groups -OCH3 is 1. The maximum Gasteiger partial charge on any atom is 0.343 e. The van der Waals surface area contributed by atoms with Gasteiger partial charge in [-0.15, -0.1) is 6.58 Å². The van der Waals surface area contributed by atoms with Crippen molar-refractivity contribution >= 4 is 17.8 Å². The summed E-state index contributed by atoms with van der Waals surface area (Å²) in [7, 11) is 1.05. The van der Waals surface area contributed by atoms with E-state index in [0.717, 1.165) is 7.11 Å². The highest BCUT2D eigenvalue weighted by Gasteiger charge is 2.48. The fourth-order valence-electron chi connectivity index (χ4n) is 1.66. The van der Waals surface area contributed by atoms with Crippen LogP contribution in [0, 0.1) is 0 Å². The number of carboxylic acids is 1. The third-order valence-electron chi connectivity index (χ3n) is 2.71. The van der Waals surface area contributed by atoms with Crippen LogP contribution in [0.2, 0.25) is 0 Å². The molecule has 0 heterocycles. The van der Waals surface area contributed by atoms with Crippen LogP contribution in [0.5, 0.6) is 0 Å². The minimum absolute atomic E-state index is 0.242. The molecule has 0 bridgehead atoms. The van der Waals surface area contributed by atoms with Crippen molar-refractivity contribution in [1.82, 2.24) is 5.32 Å². The van der Waals surface area contributed by atoms with Gasteiger partial charge in [-0.1, -0.05) is 24.3 Å². The van der Waals surface area contributed by atoms with Gasteiger partial charge >= 0.3 is 11.9 Å². The van der Waals surface area contributed by atoms with E-state index in [1.807, 2.05) is 0 Å². The molecular weight excluding hydrogens is 262 g/mol. The zero-order valence-corrected chi connectivity index (χ0v) is 11.0. The summed E-state index contributed by atoms with van der Waals surface area (Å²) in [6, 6.07) is 7.98. The summed E-state index contributed by atoms with van der Waals surface area (Å²) in [5.41, 5.74) is -1.94. The fraction of sp³-hybridized carbons (Fsp3) is 0.214. The number of hydrogen-bond acceptors (Lipinski definition) is 4. The fourth-order valence-corrected chi connectivity index (χ4v) is 1.66. The van der Waals surface area contributed by atoms with Crippen LogP contribution in [0.1, 0.15) is 16.8 Å². The van der Waals surface area contributed by atoms with Gasteiger partial charge in [-0.05, 0) is 12.1 Å². The Balaban J connectivity index is 3.12. The normalized spacial score (nSPS) is 12.8. The smallest absolute Gasteiger partial charge is 0.343 e. The zero-order valence-electron chi connectivity index (χ0n) is 11.0. The molecule has 0 saturated heterocycles. The summed E-state index contributed by atoms with van der Waals surface area (Å²) in [5.74, 6) is -3.25. The molecule has 1 amide bonds. The Morgan fingerprint density at radius 3 is 2.40 bits per heavy atom. The summed E-state index contributed by atoms with van der Waals surface area (Å²) in [5, 5.41) is 11.5. The number of benzene rings is 1. The molecule has 0 aliphatic carbocycles. The molecule has 0 radical (unpaired) electrons. The van der Waals surface area contributed by atoms with Crippen LogP contribution in [-0.2, 0) is 14.3 Å². The number of ether oxygens (including phenoxy) is 1. The standard InChI is InChI=1S/C14H15NO5/c1-3-9-14(12(17)18,13(19)20-2)15-11(16)10-7-5-4-6-8-10/h3-8H,1,9H2,2H3,(H,15,16)(H,17,18). The summed E-state index contributed by atoms with van der Waals surface area (Å²) < 4.78 is 4.48. The Bertz CT molecular complexity index is 526. The van der Waals surface area contributed by atoms with Gasteiger partial charge in [0, 0.05) is 12.0 Å². The molecule has 1 aromatic rings.